The molecule has 0 spiro atoms. The number of benzene rings is 3. The molecule has 2 aromatic heterocycles. The zero-order valence-electron chi connectivity index (χ0n) is 18.5. The number of pyridine rings is 1. The van der Waals surface area contributed by atoms with Gasteiger partial charge in [-0.3, -0.25) is 4.40 Å². The molecule has 3 heteroatoms. The molecule has 5 aromatic rings. The van der Waals surface area contributed by atoms with E-state index in [0.29, 0.717) is 12.8 Å². The van der Waals surface area contributed by atoms with Crippen LogP contribution in [-0.2, 0) is 12.1 Å². The van der Waals surface area contributed by atoms with Gasteiger partial charge >= 0.3 is 0 Å². The molecular formula is C27H29FN2. The molecule has 0 saturated carbocycles. The van der Waals surface area contributed by atoms with E-state index >= 15 is 4.39 Å². The van der Waals surface area contributed by atoms with Gasteiger partial charge in [-0.25, -0.2) is 9.37 Å². The minimum Gasteiger partial charge on any atom is -0.292 e. The highest BCUT2D eigenvalue weighted by atomic mass is 19.1. The molecule has 3 aromatic carbocycles. The molecule has 154 valence electrons. The van der Waals surface area contributed by atoms with Gasteiger partial charge in [0.15, 0.2) is 0 Å². The Labute approximate surface area is 177 Å². The fraction of sp³-hybridized carbons (Fsp3) is 0.296. The van der Waals surface area contributed by atoms with Crippen LogP contribution in [0.25, 0.3) is 38.4 Å². The summed E-state index contributed by atoms with van der Waals surface area (Å²) in [5.74, 6) is 0. The van der Waals surface area contributed by atoms with Crippen LogP contribution in [0.3, 0.4) is 0 Å². The lowest BCUT2D eigenvalue weighted by molar-refractivity contribution is 0.160. The Hall–Kier alpha value is -2.94. The van der Waals surface area contributed by atoms with Gasteiger partial charge in [-0.05, 0) is 29.5 Å². The van der Waals surface area contributed by atoms with Crippen molar-refractivity contribution in [3.63, 3.8) is 0 Å². The lowest BCUT2D eigenvalue weighted by atomic mass is 9.83. The lowest BCUT2D eigenvalue weighted by Crippen LogP contribution is -2.23. The highest BCUT2D eigenvalue weighted by Crippen LogP contribution is 2.44. The fourth-order valence-electron chi connectivity index (χ4n) is 4.71. The molecule has 1 aliphatic heterocycles. The molecule has 2 nitrogen and oxygen atoms in total. The number of alkyl halides is 1. The maximum Gasteiger partial charge on any atom is 0.146 e. The van der Waals surface area contributed by atoms with Crippen LogP contribution in [0.2, 0.25) is 0 Å². The van der Waals surface area contributed by atoms with Gasteiger partial charge in [0.25, 0.3) is 0 Å². The molecule has 0 fully saturated rings. The van der Waals surface area contributed by atoms with Crippen LogP contribution < -0.4 is 0 Å². The van der Waals surface area contributed by atoms with Crippen molar-refractivity contribution in [2.45, 2.75) is 53.1 Å². The summed E-state index contributed by atoms with van der Waals surface area (Å²) in [6.07, 6.45) is 0.812. The highest BCUT2D eigenvalue weighted by Gasteiger charge is 2.36. The first-order chi connectivity index (χ1) is 14.7. The van der Waals surface area contributed by atoms with Gasteiger partial charge in [0.2, 0.25) is 0 Å². The van der Waals surface area contributed by atoms with Gasteiger partial charge in [-0.1, -0.05) is 83.1 Å². The number of hydrogen-bond donors (Lipinski definition) is 0. The van der Waals surface area contributed by atoms with Crippen molar-refractivity contribution >= 4 is 38.4 Å². The summed E-state index contributed by atoms with van der Waals surface area (Å²) in [6.45, 7) is 9.94. The maximum absolute atomic E-state index is 16.2. The summed E-state index contributed by atoms with van der Waals surface area (Å²) in [7, 11) is 0. The summed E-state index contributed by atoms with van der Waals surface area (Å²) >= 11 is 0. The Kier molecular flexibility index (Phi) is 5.23. The second-order valence-electron chi connectivity index (χ2n) is 7.30. The van der Waals surface area contributed by atoms with E-state index in [1.165, 1.54) is 0 Å². The van der Waals surface area contributed by atoms with E-state index < -0.39 is 5.67 Å². The average molecular weight is 401 g/mol. The number of hydrogen-bond acceptors (Lipinski definition) is 1. The van der Waals surface area contributed by atoms with Crippen LogP contribution in [0.5, 0.6) is 0 Å². The first-order valence-corrected chi connectivity index (χ1v) is 11.1. The molecule has 0 saturated heterocycles. The van der Waals surface area contributed by atoms with E-state index in [9.17, 15) is 0 Å². The van der Waals surface area contributed by atoms with E-state index in [-0.39, 0.29) is 0 Å². The second kappa shape index (κ2) is 7.71. The second-order valence-corrected chi connectivity index (χ2v) is 7.30. The summed E-state index contributed by atoms with van der Waals surface area (Å²) in [4.78, 5) is 5.00. The summed E-state index contributed by atoms with van der Waals surface area (Å²) < 4.78 is 18.5. The highest BCUT2D eigenvalue weighted by molar-refractivity contribution is 6.15. The molecule has 0 N–H and O–H groups in total. The number of halogens is 1. The maximum atomic E-state index is 16.2. The zero-order chi connectivity index (χ0) is 21.5. The first-order valence-electron chi connectivity index (χ1n) is 11.1. The van der Waals surface area contributed by atoms with Crippen molar-refractivity contribution in [3.8, 4) is 0 Å². The van der Waals surface area contributed by atoms with Gasteiger partial charge in [0, 0.05) is 22.8 Å². The molecule has 1 aliphatic rings. The van der Waals surface area contributed by atoms with Crippen molar-refractivity contribution in [2.75, 3.05) is 0 Å². The number of para-hydroxylation sites is 2. The zero-order valence-corrected chi connectivity index (χ0v) is 18.5. The predicted molar refractivity (Wildman–Crippen MR) is 127 cm³/mol. The quantitative estimate of drug-likeness (QED) is 0.261. The third-order valence-corrected chi connectivity index (χ3v) is 6.01. The topological polar surface area (TPSA) is 17.3 Å². The van der Waals surface area contributed by atoms with Crippen molar-refractivity contribution in [1.29, 1.82) is 0 Å². The van der Waals surface area contributed by atoms with E-state index in [0.717, 1.165) is 49.5 Å². The SMILES string of the molecule is CC.CC.CCC1(F)Cc2cccc3c2nc2c4c1cccc4c1ccccc1n32. The monoisotopic (exact) mass is 400 g/mol. The van der Waals surface area contributed by atoms with Crippen LogP contribution in [0, 0.1) is 0 Å². The molecule has 0 aliphatic carbocycles. The molecule has 1 unspecified atom stereocenters. The van der Waals surface area contributed by atoms with Crippen molar-refractivity contribution < 1.29 is 4.39 Å². The third kappa shape index (κ3) is 2.64. The number of rotatable bonds is 1. The van der Waals surface area contributed by atoms with E-state index in [2.05, 4.69) is 34.7 Å². The molecule has 0 amide bonds. The van der Waals surface area contributed by atoms with Crippen LogP contribution >= 0.6 is 0 Å². The summed E-state index contributed by atoms with van der Waals surface area (Å²) in [5, 5.41) is 3.18. The molecular weight excluding hydrogens is 371 g/mol. The Morgan fingerprint density at radius 3 is 2.30 bits per heavy atom. The van der Waals surface area contributed by atoms with Gasteiger partial charge in [0.05, 0.1) is 16.6 Å². The van der Waals surface area contributed by atoms with Crippen molar-refractivity contribution in [2.24, 2.45) is 0 Å². The Morgan fingerprint density at radius 1 is 0.867 bits per heavy atom. The number of fused-ring (bicyclic) bond motifs is 4. The van der Waals surface area contributed by atoms with Crippen molar-refractivity contribution in [1.82, 2.24) is 9.38 Å². The molecule has 1 atom stereocenters. The molecule has 3 heterocycles. The minimum atomic E-state index is -1.39. The van der Waals surface area contributed by atoms with Gasteiger partial charge in [0.1, 0.15) is 11.3 Å². The van der Waals surface area contributed by atoms with Gasteiger partial charge in [-0.15, -0.1) is 0 Å². The number of aromatic nitrogens is 2. The van der Waals surface area contributed by atoms with Gasteiger partial charge in [-0.2, -0.15) is 0 Å². The van der Waals surface area contributed by atoms with Gasteiger partial charge < -0.3 is 0 Å². The number of imidazole rings is 1. The first kappa shape index (κ1) is 20.3. The third-order valence-electron chi connectivity index (χ3n) is 6.01. The van der Waals surface area contributed by atoms with Crippen molar-refractivity contribution in [3.05, 3.63) is 71.8 Å². The Bertz CT molecular complexity index is 1370. The summed E-state index contributed by atoms with van der Waals surface area (Å²) in [5.41, 5.74) is 4.34. The Balaban J connectivity index is 0.000000516. The standard InChI is InChI=1S/C23H17FN2.2C2H6/c1-2-23(24)13-14-7-5-12-19-21(14)25-22-20-16(9-6-10-17(20)23)15-8-3-4-11-18(15)26(19)22;2*1-2/h3-12H,2,13H2,1H3;2*1-2H3. The average Bonchev–Trinajstić information content (AvgIpc) is 3.22. The molecule has 30 heavy (non-hydrogen) atoms. The van der Waals surface area contributed by atoms with Crippen LogP contribution in [0.1, 0.15) is 52.2 Å². The number of nitrogens with zero attached hydrogens (tertiary/aromatic N) is 2. The lowest BCUT2D eigenvalue weighted by Gasteiger charge is -2.27. The Morgan fingerprint density at radius 2 is 1.53 bits per heavy atom. The fourth-order valence-corrected chi connectivity index (χ4v) is 4.71. The van der Waals surface area contributed by atoms with Crippen LogP contribution in [-0.4, -0.2) is 9.38 Å². The molecule has 2 bridgehead atoms. The summed E-state index contributed by atoms with van der Waals surface area (Å²) in [6, 6.07) is 20.5. The smallest absolute Gasteiger partial charge is 0.146 e. The van der Waals surface area contributed by atoms with E-state index in [1.54, 1.807) is 0 Å². The van der Waals surface area contributed by atoms with Crippen LogP contribution in [0.15, 0.2) is 60.7 Å². The van der Waals surface area contributed by atoms with E-state index in [1.807, 2.05) is 65.0 Å². The predicted octanol–water partition coefficient (Wildman–Crippen LogP) is 7.98. The largest absolute Gasteiger partial charge is 0.292 e. The van der Waals surface area contributed by atoms with E-state index in [4.69, 9.17) is 4.98 Å². The minimum absolute atomic E-state index is 0.365. The molecule has 0 radical (unpaired) electrons. The molecule has 6 rings (SSSR count). The normalized spacial score (nSPS) is 17.1. The van der Waals surface area contributed by atoms with Crippen LogP contribution in [0.4, 0.5) is 4.39 Å².